The van der Waals surface area contributed by atoms with E-state index in [9.17, 15) is 33.6 Å². The Labute approximate surface area is 282 Å². The molecule has 0 fully saturated rings. The number of nitrogens with one attached hydrogen (secondary N) is 1. The standard InChI is InChI=1S/C25H29I3N2O12/c1-12(31)30(42-20(37)7-6-8-38-13(2)32)25-22(27)18(9-17(41-16(5)35)10-39-14(3)33)21(26)24(23(25)28)29-19(36)11-40-15(4)34/h17H,6-11H2,1-5H3,(H,29,36). The first-order chi connectivity index (χ1) is 19.5. The molecule has 14 nitrogen and oxygen atoms in total. The molecule has 1 N–H and O–H groups in total. The van der Waals surface area contributed by atoms with E-state index in [1.54, 1.807) is 0 Å². The molecule has 17 heteroatoms. The summed E-state index contributed by atoms with van der Waals surface area (Å²) in [7, 11) is 0. The van der Waals surface area contributed by atoms with E-state index in [0.717, 1.165) is 18.9 Å². The molecule has 0 aliphatic heterocycles. The van der Waals surface area contributed by atoms with Gasteiger partial charge in [0.05, 0.1) is 22.3 Å². The number of benzene rings is 1. The van der Waals surface area contributed by atoms with Gasteiger partial charge in [-0.3, -0.25) is 28.8 Å². The molecule has 232 valence electrons. The number of nitrogens with zero attached hydrogens (tertiary/aromatic N) is 1. The summed E-state index contributed by atoms with van der Waals surface area (Å²) in [5.74, 6) is -4.57. The van der Waals surface area contributed by atoms with Crippen LogP contribution in [-0.2, 0) is 63.8 Å². The minimum atomic E-state index is -0.944. The fraction of sp³-hybridized carbons (Fsp3) is 0.480. The summed E-state index contributed by atoms with van der Waals surface area (Å²) in [6.07, 6.45) is -0.999. The summed E-state index contributed by atoms with van der Waals surface area (Å²) in [6.45, 7) is 5.04. The van der Waals surface area contributed by atoms with Gasteiger partial charge < -0.3 is 29.1 Å². The maximum Gasteiger partial charge on any atom is 0.333 e. The van der Waals surface area contributed by atoms with Crippen molar-refractivity contribution in [1.82, 2.24) is 0 Å². The molecule has 1 rings (SSSR count). The number of amides is 2. The molecule has 0 aliphatic rings. The molecule has 0 radical (unpaired) electrons. The Morgan fingerprint density at radius 3 is 1.90 bits per heavy atom. The summed E-state index contributed by atoms with van der Waals surface area (Å²) < 4.78 is 21.2. The molecule has 0 spiro atoms. The predicted molar refractivity (Wildman–Crippen MR) is 171 cm³/mol. The Bertz CT molecular complexity index is 1240. The molecular weight excluding hydrogens is 901 g/mol. The highest BCUT2D eigenvalue weighted by atomic mass is 127. The number of hydrogen-bond donors (Lipinski definition) is 1. The summed E-state index contributed by atoms with van der Waals surface area (Å²) in [5.41, 5.74) is 0.763. The number of hydrogen-bond acceptors (Lipinski definition) is 12. The monoisotopic (exact) mass is 930 g/mol. The van der Waals surface area contributed by atoms with Gasteiger partial charge in [-0.25, -0.2) is 4.79 Å². The van der Waals surface area contributed by atoms with Crippen LogP contribution in [0.25, 0.3) is 0 Å². The Hall–Kier alpha value is -2.30. The highest BCUT2D eigenvalue weighted by molar-refractivity contribution is 14.1. The normalized spacial score (nSPS) is 11.0. The van der Waals surface area contributed by atoms with Gasteiger partial charge in [0.1, 0.15) is 18.4 Å². The van der Waals surface area contributed by atoms with Crippen LogP contribution in [0.5, 0.6) is 0 Å². The molecule has 0 aromatic heterocycles. The molecule has 0 saturated heterocycles. The topological polar surface area (TPSA) is 181 Å². The highest BCUT2D eigenvalue weighted by Crippen LogP contribution is 2.41. The average molecular weight is 930 g/mol. The van der Waals surface area contributed by atoms with Gasteiger partial charge in [0.2, 0.25) is 0 Å². The van der Waals surface area contributed by atoms with Gasteiger partial charge >= 0.3 is 29.8 Å². The van der Waals surface area contributed by atoms with E-state index in [1.807, 2.05) is 67.8 Å². The van der Waals surface area contributed by atoms with Crippen molar-refractivity contribution in [3.63, 3.8) is 0 Å². The van der Waals surface area contributed by atoms with Crippen molar-refractivity contribution >= 4 is 121 Å². The lowest BCUT2D eigenvalue weighted by atomic mass is 10.1. The fourth-order valence-electron chi connectivity index (χ4n) is 3.17. The molecule has 1 unspecified atom stereocenters. The van der Waals surface area contributed by atoms with Gasteiger partial charge in [0.15, 0.2) is 6.61 Å². The molecular formula is C25H29I3N2O12. The van der Waals surface area contributed by atoms with Crippen LogP contribution in [0.3, 0.4) is 0 Å². The van der Waals surface area contributed by atoms with Crippen molar-refractivity contribution in [2.24, 2.45) is 0 Å². The van der Waals surface area contributed by atoms with Crippen LogP contribution in [0.1, 0.15) is 53.0 Å². The number of anilines is 2. The number of carbonyl (C=O) groups excluding carboxylic acids is 7. The van der Waals surface area contributed by atoms with E-state index in [1.165, 1.54) is 20.8 Å². The summed E-state index contributed by atoms with van der Waals surface area (Å²) >= 11 is 5.76. The van der Waals surface area contributed by atoms with Crippen LogP contribution < -0.4 is 10.4 Å². The first-order valence-electron chi connectivity index (χ1n) is 12.1. The van der Waals surface area contributed by atoms with Gasteiger partial charge in [-0.1, -0.05) is 0 Å². The van der Waals surface area contributed by atoms with E-state index in [4.69, 9.17) is 23.8 Å². The van der Waals surface area contributed by atoms with Crippen molar-refractivity contribution < 1.29 is 57.3 Å². The third kappa shape index (κ3) is 12.9. The lowest BCUT2D eigenvalue weighted by Gasteiger charge is -2.27. The first-order valence-corrected chi connectivity index (χ1v) is 15.4. The third-order valence-electron chi connectivity index (χ3n) is 4.81. The maximum atomic E-state index is 12.8. The molecule has 1 aromatic carbocycles. The van der Waals surface area contributed by atoms with Crippen LogP contribution in [0, 0.1) is 10.7 Å². The smallest absolute Gasteiger partial charge is 0.333 e. The Balaban J connectivity index is 3.64. The fourth-order valence-corrected chi connectivity index (χ4v) is 7.48. The molecule has 1 aromatic rings. The Morgan fingerprint density at radius 1 is 0.786 bits per heavy atom. The molecule has 2 amide bonds. The lowest BCUT2D eigenvalue weighted by molar-refractivity contribution is -0.156. The predicted octanol–water partition coefficient (Wildman–Crippen LogP) is 3.19. The minimum Gasteiger partial charge on any atom is -0.466 e. The molecule has 0 heterocycles. The van der Waals surface area contributed by atoms with Crippen molar-refractivity contribution in [2.45, 2.75) is 60.0 Å². The van der Waals surface area contributed by atoms with E-state index in [-0.39, 0.29) is 43.9 Å². The zero-order valence-corrected chi connectivity index (χ0v) is 29.8. The van der Waals surface area contributed by atoms with Crippen LogP contribution in [0.4, 0.5) is 11.4 Å². The molecule has 42 heavy (non-hydrogen) atoms. The van der Waals surface area contributed by atoms with Crippen LogP contribution in [-0.4, -0.2) is 67.6 Å². The van der Waals surface area contributed by atoms with Crippen LogP contribution in [0.15, 0.2) is 0 Å². The van der Waals surface area contributed by atoms with E-state index >= 15 is 0 Å². The van der Waals surface area contributed by atoms with Crippen molar-refractivity contribution in [3.05, 3.63) is 16.3 Å². The first kappa shape index (κ1) is 37.7. The molecule has 0 bridgehead atoms. The van der Waals surface area contributed by atoms with E-state index < -0.39 is 54.4 Å². The van der Waals surface area contributed by atoms with Crippen LogP contribution in [0.2, 0.25) is 0 Å². The Kier molecular flexibility index (Phi) is 16.5. The van der Waals surface area contributed by atoms with E-state index in [2.05, 4.69) is 5.32 Å². The van der Waals surface area contributed by atoms with Crippen molar-refractivity contribution in [2.75, 3.05) is 30.2 Å². The number of halogens is 3. The summed E-state index contributed by atoms with van der Waals surface area (Å²) in [4.78, 5) is 88.8. The number of carbonyl (C=O) groups is 7. The highest BCUT2D eigenvalue weighted by Gasteiger charge is 2.31. The summed E-state index contributed by atoms with van der Waals surface area (Å²) in [6, 6.07) is 0. The minimum absolute atomic E-state index is 0.0222. The van der Waals surface area contributed by atoms with E-state index in [0.29, 0.717) is 16.3 Å². The largest absolute Gasteiger partial charge is 0.466 e. The van der Waals surface area contributed by atoms with Crippen molar-refractivity contribution in [1.29, 1.82) is 0 Å². The third-order valence-corrected chi connectivity index (χ3v) is 8.21. The number of ether oxygens (including phenoxy) is 4. The summed E-state index contributed by atoms with van der Waals surface area (Å²) in [5, 5.41) is 3.42. The van der Waals surface area contributed by atoms with Crippen LogP contribution >= 0.6 is 67.8 Å². The SMILES string of the molecule is CC(=O)OCCCC(=O)ON(C(C)=O)c1c(I)c(CC(COC(C)=O)OC(C)=O)c(I)c(NC(=O)COC(C)=O)c1I. The lowest BCUT2D eigenvalue weighted by Crippen LogP contribution is -2.34. The number of hydroxylamine groups is 1. The second-order valence-corrected chi connectivity index (χ2v) is 11.7. The van der Waals surface area contributed by atoms with Gasteiger partial charge in [0, 0.05) is 48.2 Å². The quantitative estimate of drug-likeness (QED) is 0.101. The second kappa shape index (κ2) is 18.4. The molecule has 1 atom stereocenters. The van der Waals surface area contributed by atoms with Crippen molar-refractivity contribution in [3.8, 4) is 0 Å². The zero-order chi connectivity index (χ0) is 32.1. The Morgan fingerprint density at radius 2 is 1.38 bits per heavy atom. The second-order valence-electron chi connectivity index (χ2n) is 8.43. The molecule has 0 saturated carbocycles. The average Bonchev–Trinajstić information content (AvgIpc) is 2.87. The number of esters is 4. The van der Waals surface area contributed by atoms with Gasteiger partial charge in [0.25, 0.3) is 11.8 Å². The van der Waals surface area contributed by atoms with Gasteiger partial charge in [-0.05, 0) is 79.8 Å². The number of rotatable bonds is 13. The zero-order valence-electron chi connectivity index (χ0n) is 23.3. The van der Waals surface area contributed by atoms with Gasteiger partial charge in [-0.15, -0.1) is 5.06 Å². The maximum absolute atomic E-state index is 12.8. The molecule has 0 aliphatic carbocycles. The van der Waals surface area contributed by atoms with Gasteiger partial charge in [-0.2, -0.15) is 0 Å².